The molecule has 7 heteroatoms. The van der Waals surface area contributed by atoms with E-state index in [4.69, 9.17) is 9.84 Å². The summed E-state index contributed by atoms with van der Waals surface area (Å²) in [5.41, 5.74) is 0. The first-order chi connectivity index (χ1) is 7.67. The van der Waals surface area contributed by atoms with E-state index in [1.54, 1.807) is 7.05 Å². The van der Waals surface area contributed by atoms with Gasteiger partial charge in [-0.25, -0.2) is 0 Å². The molecule has 0 saturated carbocycles. The lowest BCUT2D eigenvalue weighted by atomic mass is 10.2. The Morgan fingerprint density at radius 3 is 2.94 bits per heavy atom. The van der Waals surface area contributed by atoms with Crippen LogP contribution < -0.4 is 0 Å². The lowest BCUT2D eigenvalue weighted by Crippen LogP contribution is -2.47. The second kappa shape index (κ2) is 4.86. The molecule has 1 N–H and O–H groups in total. The fourth-order valence-corrected chi connectivity index (χ4v) is 1.96. The van der Waals surface area contributed by atoms with Gasteiger partial charge in [0.15, 0.2) is 5.82 Å². The summed E-state index contributed by atoms with van der Waals surface area (Å²) in [7, 11) is 1.75. The number of ether oxygens (including phenoxy) is 1. The van der Waals surface area contributed by atoms with E-state index in [2.05, 4.69) is 20.3 Å². The molecule has 1 saturated heterocycles. The van der Waals surface area contributed by atoms with Crippen molar-refractivity contribution in [1.29, 1.82) is 0 Å². The zero-order chi connectivity index (χ0) is 11.5. The van der Waals surface area contributed by atoms with Crippen LogP contribution in [-0.4, -0.2) is 62.1 Å². The molecule has 0 spiro atoms. The predicted molar refractivity (Wildman–Crippen MR) is 55.5 cm³/mol. The molecule has 1 aromatic rings. The number of aryl methyl sites for hydroxylation is 1. The summed E-state index contributed by atoms with van der Waals surface area (Å²) in [5, 5.41) is 21.0. The minimum absolute atomic E-state index is 0.0503. The summed E-state index contributed by atoms with van der Waals surface area (Å²) in [5.74, 6) is 0.702. The number of aliphatic hydroxyl groups excluding tert-OH is 1. The van der Waals surface area contributed by atoms with E-state index in [0.717, 1.165) is 6.54 Å². The van der Waals surface area contributed by atoms with Gasteiger partial charge in [-0.1, -0.05) is 0 Å². The van der Waals surface area contributed by atoms with Crippen LogP contribution in [0.5, 0.6) is 0 Å². The van der Waals surface area contributed by atoms with Gasteiger partial charge in [0.2, 0.25) is 0 Å². The third kappa shape index (κ3) is 2.75. The third-order valence-electron chi connectivity index (χ3n) is 2.52. The second-order valence-corrected chi connectivity index (χ2v) is 4.14. The molecule has 2 rings (SSSR count). The molecule has 0 bridgehead atoms. The second-order valence-electron chi connectivity index (χ2n) is 4.14. The average molecular weight is 227 g/mol. The van der Waals surface area contributed by atoms with Crippen LogP contribution in [0.1, 0.15) is 12.7 Å². The molecule has 1 aliphatic rings. The van der Waals surface area contributed by atoms with Crippen molar-refractivity contribution in [2.75, 3.05) is 19.7 Å². The van der Waals surface area contributed by atoms with Gasteiger partial charge in [0.1, 0.15) is 0 Å². The zero-order valence-corrected chi connectivity index (χ0v) is 9.57. The summed E-state index contributed by atoms with van der Waals surface area (Å²) in [6.07, 6.45) is 0.0167. The maximum Gasteiger partial charge on any atom is 0.188 e. The minimum atomic E-state index is -0.111. The SMILES string of the molecule is CC1CN(Cc2nnn(C)n2)CC(CO)O1. The zero-order valence-electron chi connectivity index (χ0n) is 9.57. The smallest absolute Gasteiger partial charge is 0.188 e. The molecule has 2 unspecified atom stereocenters. The molecule has 0 radical (unpaired) electrons. The van der Waals surface area contributed by atoms with Crippen LogP contribution >= 0.6 is 0 Å². The summed E-state index contributed by atoms with van der Waals surface area (Å²) in [6, 6.07) is 0. The summed E-state index contributed by atoms with van der Waals surface area (Å²) in [6.45, 7) is 4.24. The lowest BCUT2D eigenvalue weighted by molar-refractivity contribution is -0.0977. The largest absolute Gasteiger partial charge is 0.394 e. The summed E-state index contributed by atoms with van der Waals surface area (Å²) < 4.78 is 5.56. The monoisotopic (exact) mass is 227 g/mol. The van der Waals surface area contributed by atoms with Crippen molar-refractivity contribution in [1.82, 2.24) is 25.1 Å². The first-order valence-electron chi connectivity index (χ1n) is 5.39. The van der Waals surface area contributed by atoms with Crippen LogP contribution in [0.3, 0.4) is 0 Å². The highest BCUT2D eigenvalue weighted by atomic mass is 16.5. The van der Waals surface area contributed by atoms with E-state index in [1.807, 2.05) is 6.92 Å². The minimum Gasteiger partial charge on any atom is -0.394 e. The van der Waals surface area contributed by atoms with Crippen molar-refractivity contribution < 1.29 is 9.84 Å². The third-order valence-corrected chi connectivity index (χ3v) is 2.52. The molecule has 1 aromatic heterocycles. The molecule has 0 amide bonds. The first kappa shape index (κ1) is 11.4. The fourth-order valence-electron chi connectivity index (χ4n) is 1.96. The van der Waals surface area contributed by atoms with E-state index < -0.39 is 0 Å². The molecule has 7 nitrogen and oxygen atoms in total. The first-order valence-corrected chi connectivity index (χ1v) is 5.39. The Balaban J connectivity index is 1.93. The Morgan fingerprint density at radius 2 is 2.31 bits per heavy atom. The highest BCUT2D eigenvalue weighted by molar-refractivity contribution is 4.82. The van der Waals surface area contributed by atoms with Gasteiger partial charge in [-0.05, 0) is 12.1 Å². The van der Waals surface area contributed by atoms with E-state index in [-0.39, 0.29) is 18.8 Å². The number of tetrazole rings is 1. The highest BCUT2D eigenvalue weighted by Crippen LogP contribution is 2.12. The molecular weight excluding hydrogens is 210 g/mol. The predicted octanol–water partition coefficient (Wildman–Crippen LogP) is -1.21. The Bertz CT molecular complexity index is 342. The fraction of sp³-hybridized carbons (Fsp3) is 0.889. The van der Waals surface area contributed by atoms with Crippen LogP contribution in [0, 0.1) is 0 Å². The van der Waals surface area contributed by atoms with Gasteiger partial charge in [0, 0.05) is 13.1 Å². The number of hydrogen-bond donors (Lipinski definition) is 1. The van der Waals surface area contributed by atoms with Gasteiger partial charge in [0.25, 0.3) is 0 Å². The number of morpholine rings is 1. The molecule has 2 heterocycles. The summed E-state index contributed by atoms with van der Waals surface area (Å²) in [4.78, 5) is 3.62. The molecule has 90 valence electrons. The van der Waals surface area contributed by atoms with Gasteiger partial charge in [-0.3, -0.25) is 4.90 Å². The van der Waals surface area contributed by atoms with Gasteiger partial charge >= 0.3 is 0 Å². The van der Waals surface area contributed by atoms with Crippen molar-refractivity contribution in [2.24, 2.45) is 7.05 Å². The van der Waals surface area contributed by atoms with Crippen molar-refractivity contribution in [3.05, 3.63) is 5.82 Å². The normalized spacial score (nSPS) is 27.2. The van der Waals surface area contributed by atoms with Crippen molar-refractivity contribution in [3.63, 3.8) is 0 Å². The maximum atomic E-state index is 9.10. The summed E-state index contributed by atoms with van der Waals surface area (Å²) >= 11 is 0. The standard InChI is InChI=1S/C9H17N5O2/c1-7-3-14(4-8(6-15)16-7)5-9-10-12-13(2)11-9/h7-8,15H,3-6H2,1-2H3. The number of hydrogen-bond acceptors (Lipinski definition) is 6. The Labute approximate surface area is 94.0 Å². The number of aliphatic hydroxyl groups is 1. The van der Waals surface area contributed by atoms with Crippen molar-refractivity contribution in [2.45, 2.75) is 25.7 Å². The Hall–Kier alpha value is -1.05. The number of rotatable bonds is 3. The van der Waals surface area contributed by atoms with Gasteiger partial charge in [0.05, 0.1) is 32.4 Å². The molecule has 1 aliphatic heterocycles. The quantitative estimate of drug-likeness (QED) is 0.698. The average Bonchev–Trinajstić information content (AvgIpc) is 2.63. The lowest BCUT2D eigenvalue weighted by Gasteiger charge is -2.35. The molecule has 1 fully saturated rings. The molecular formula is C9H17N5O2. The van der Waals surface area contributed by atoms with Crippen molar-refractivity contribution >= 4 is 0 Å². The molecule has 2 atom stereocenters. The van der Waals surface area contributed by atoms with Gasteiger partial charge < -0.3 is 9.84 Å². The number of nitrogens with zero attached hydrogens (tertiary/aromatic N) is 5. The van der Waals surface area contributed by atoms with E-state index in [0.29, 0.717) is 18.9 Å². The van der Waals surface area contributed by atoms with E-state index in [9.17, 15) is 0 Å². The number of aromatic nitrogens is 4. The van der Waals surface area contributed by atoms with Gasteiger partial charge in [-0.2, -0.15) is 4.80 Å². The molecule has 0 aliphatic carbocycles. The van der Waals surface area contributed by atoms with Gasteiger partial charge in [-0.15, -0.1) is 10.2 Å². The maximum absolute atomic E-state index is 9.10. The van der Waals surface area contributed by atoms with E-state index >= 15 is 0 Å². The highest BCUT2D eigenvalue weighted by Gasteiger charge is 2.25. The van der Waals surface area contributed by atoms with Crippen LogP contribution in [0.15, 0.2) is 0 Å². The molecule has 0 aromatic carbocycles. The molecule has 16 heavy (non-hydrogen) atoms. The van der Waals surface area contributed by atoms with E-state index in [1.165, 1.54) is 4.80 Å². The van der Waals surface area contributed by atoms with Crippen LogP contribution in [0.25, 0.3) is 0 Å². The Kier molecular flexibility index (Phi) is 3.47. The Morgan fingerprint density at radius 1 is 1.50 bits per heavy atom. The van der Waals surface area contributed by atoms with Crippen molar-refractivity contribution in [3.8, 4) is 0 Å². The van der Waals surface area contributed by atoms with Crippen LogP contribution in [0.4, 0.5) is 0 Å². The van der Waals surface area contributed by atoms with Crippen LogP contribution in [0.2, 0.25) is 0 Å². The topological polar surface area (TPSA) is 76.3 Å². The van der Waals surface area contributed by atoms with Crippen LogP contribution in [-0.2, 0) is 18.3 Å².